The van der Waals surface area contributed by atoms with Crippen molar-refractivity contribution in [3.8, 4) is 5.69 Å². The fourth-order valence-corrected chi connectivity index (χ4v) is 1.56. The summed E-state index contributed by atoms with van der Waals surface area (Å²) in [5.41, 5.74) is 0.993. The molecule has 2 rings (SSSR count). The van der Waals surface area contributed by atoms with Gasteiger partial charge in [-0.15, -0.1) is 5.10 Å². The molecule has 0 aliphatic rings. The zero-order valence-electron chi connectivity index (χ0n) is 9.54. The van der Waals surface area contributed by atoms with Crippen LogP contribution in [0.3, 0.4) is 0 Å². The van der Waals surface area contributed by atoms with Gasteiger partial charge in [0.1, 0.15) is 17.3 Å². The number of nitrogens with one attached hydrogen (secondary N) is 1. The molecule has 0 fully saturated rings. The lowest BCUT2D eigenvalue weighted by Crippen LogP contribution is -2.12. The van der Waals surface area contributed by atoms with Crippen molar-refractivity contribution in [1.82, 2.24) is 20.3 Å². The number of aryl methyl sites for hydroxylation is 1. The summed E-state index contributed by atoms with van der Waals surface area (Å²) >= 11 is 0. The van der Waals surface area contributed by atoms with Gasteiger partial charge < -0.3 is 5.32 Å². The average molecular weight is 238 g/mol. The monoisotopic (exact) mass is 238 g/mol. The Labute approximate surface area is 97.3 Å². The summed E-state index contributed by atoms with van der Waals surface area (Å²) in [4.78, 5) is 0. The predicted molar refractivity (Wildman–Crippen MR) is 58.8 cm³/mol. The van der Waals surface area contributed by atoms with Crippen LogP contribution >= 0.6 is 0 Å². The number of nitrogens with zero attached hydrogens (tertiary/aromatic N) is 3. The van der Waals surface area contributed by atoms with Crippen LogP contribution in [-0.4, -0.2) is 22.0 Å². The van der Waals surface area contributed by atoms with Crippen LogP contribution in [0.2, 0.25) is 0 Å². The van der Waals surface area contributed by atoms with Gasteiger partial charge in [-0.1, -0.05) is 5.21 Å². The lowest BCUT2D eigenvalue weighted by atomic mass is 10.2. The Kier molecular flexibility index (Phi) is 3.14. The standard InChI is InChI=1S/C11H12F2N4/c1-7-3-10(13)11(4-9(7)12)17-8(5-14-2)6-15-16-17/h3-4,6,14H,5H2,1-2H3. The number of aromatic nitrogens is 3. The molecule has 0 atom stereocenters. The van der Waals surface area contributed by atoms with Gasteiger partial charge in [0.15, 0.2) is 0 Å². The lowest BCUT2D eigenvalue weighted by Gasteiger charge is -2.08. The van der Waals surface area contributed by atoms with Crippen LogP contribution in [0.15, 0.2) is 18.3 Å². The molecule has 1 N–H and O–H groups in total. The van der Waals surface area contributed by atoms with E-state index in [4.69, 9.17) is 0 Å². The maximum absolute atomic E-state index is 13.7. The fraction of sp³-hybridized carbons (Fsp3) is 0.273. The molecule has 0 unspecified atom stereocenters. The number of halogens is 2. The molecule has 6 heteroatoms. The Morgan fingerprint density at radius 1 is 1.29 bits per heavy atom. The van der Waals surface area contributed by atoms with E-state index in [9.17, 15) is 8.78 Å². The molecule has 0 aliphatic carbocycles. The average Bonchev–Trinajstić information content (AvgIpc) is 2.72. The van der Waals surface area contributed by atoms with Gasteiger partial charge in [-0.3, -0.25) is 0 Å². The van der Waals surface area contributed by atoms with E-state index in [1.807, 2.05) is 0 Å². The molecule has 0 aliphatic heterocycles. The molecule has 4 nitrogen and oxygen atoms in total. The van der Waals surface area contributed by atoms with Crippen molar-refractivity contribution < 1.29 is 8.78 Å². The third kappa shape index (κ3) is 2.16. The van der Waals surface area contributed by atoms with E-state index >= 15 is 0 Å². The molecular formula is C11H12F2N4. The third-order valence-electron chi connectivity index (χ3n) is 2.43. The second-order valence-electron chi connectivity index (χ2n) is 3.72. The van der Waals surface area contributed by atoms with E-state index in [1.165, 1.54) is 17.8 Å². The summed E-state index contributed by atoms with van der Waals surface area (Å²) in [7, 11) is 1.75. The van der Waals surface area contributed by atoms with Gasteiger partial charge in [-0.05, 0) is 25.6 Å². The normalized spacial score (nSPS) is 10.8. The molecule has 0 saturated heterocycles. The smallest absolute Gasteiger partial charge is 0.149 e. The summed E-state index contributed by atoms with van der Waals surface area (Å²) in [6, 6.07) is 2.27. The molecule has 1 aromatic heterocycles. The van der Waals surface area contributed by atoms with Crippen LogP contribution in [0.25, 0.3) is 5.69 Å². The molecular weight excluding hydrogens is 226 g/mol. The Balaban J connectivity index is 2.52. The van der Waals surface area contributed by atoms with E-state index in [0.717, 1.165) is 12.1 Å². The highest BCUT2D eigenvalue weighted by atomic mass is 19.1. The highest BCUT2D eigenvalue weighted by molar-refractivity contribution is 5.37. The first-order chi connectivity index (χ1) is 8.13. The molecule has 0 amide bonds. The van der Waals surface area contributed by atoms with Crippen LogP contribution in [0.4, 0.5) is 8.78 Å². The number of rotatable bonds is 3. The Morgan fingerprint density at radius 2 is 2.06 bits per heavy atom. The van der Waals surface area contributed by atoms with Gasteiger partial charge in [0.2, 0.25) is 0 Å². The van der Waals surface area contributed by atoms with E-state index in [2.05, 4.69) is 15.6 Å². The van der Waals surface area contributed by atoms with Crippen LogP contribution < -0.4 is 5.32 Å². The maximum atomic E-state index is 13.7. The summed E-state index contributed by atoms with van der Waals surface area (Å²) < 4.78 is 28.4. The van der Waals surface area contributed by atoms with Gasteiger partial charge in [0, 0.05) is 12.6 Å². The SMILES string of the molecule is CNCc1cnnn1-c1cc(F)c(C)cc1F. The molecule has 0 saturated carbocycles. The minimum Gasteiger partial charge on any atom is -0.314 e. The second-order valence-corrected chi connectivity index (χ2v) is 3.72. The summed E-state index contributed by atoms with van der Waals surface area (Å²) in [6.45, 7) is 1.99. The molecule has 0 spiro atoms. The van der Waals surface area contributed by atoms with Crippen molar-refractivity contribution in [1.29, 1.82) is 0 Å². The maximum Gasteiger partial charge on any atom is 0.149 e. The van der Waals surface area contributed by atoms with Crippen LogP contribution in [0.1, 0.15) is 11.3 Å². The van der Waals surface area contributed by atoms with Gasteiger partial charge >= 0.3 is 0 Å². The van der Waals surface area contributed by atoms with Crippen molar-refractivity contribution >= 4 is 0 Å². The first-order valence-corrected chi connectivity index (χ1v) is 5.13. The molecule has 0 bridgehead atoms. The first kappa shape index (κ1) is 11.7. The molecule has 1 heterocycles. The van der Waals surface area contributed by atoms with Crippen LogP contribution in [0.5, 0.6) is 0 Å². The summed E-state index contributed by atoms with van der Waals surface area (Å²) in [6.07, 6.45) is 1.51. The number of benzene rings is 1. The van der Waals surface area contributed by atoms with Crippen molar-refractivity contribution in [2.75, 3.05) is 7.05 Å². The zero-order valence-corrected chi connectivity index (χ0v) is 9.54. The molecule has 2 aromatic rings. The molecule has 0 radical (unpaired) electrons. The van der Waals surface area contributed by atoms with E-state index < -0.39 is 11.6 Å². The minimum atomic E-state index is -0.522. The summed E-state index contributed by atoms with van der Waals surface area (Å²) in [5.74, 6) is -0.987. The van der Waals surface area contributed by atoms with Crippen molar-refractivity contribution in [2.45, 2.75) is 13.5 Å². The van der Waals surface area contributed by atoms with Gasteiger partial charge in [0.05, 0.1) is 11.9 Å². The topological polar surface area (TPSA) is 42.7 Å². The lowest BCUT2D eigenvalue weighted by molar-refractivity contribution is 0.572. The fourth-order valence-electron chi connectivity index (χ4n) is 1.56. The number of hydrogen-bond donors (Lipinski definition) is 1. The van der Waals surface area contributed by atoms with E-state index in [-0.39, 0.29) is 11.3 Å². The first-order valence-electron chi connectivity index (χ1n) is 5.13. The van der Waals surface area contributed by atoms with Crippen molar-refractivity contribution in [3.05, 3.63) is 41.2 Å². The minimum absolute atomic E-state index is 0.0656. The van der Waals surface area contributed by atoms with E-state index in [0.29, 0.717) is 12.2 Å². The van der Waals surface area contributed by atoms with Crippen molar-refractivity contribution in [2.24, 2.45) is 0 Å². The quantitative estimate of drug-likeness (QED) is 0.882. The molecule has 17 heavy (non-hydrogen) atoms. The largest absolute Gasteiger partial charge is 0.314 e. The van der Waals surface area contributed by atoms with Crippen molar-refractivity contribution in [3.63, 3.8) is 0 Å². The van der Waals surface area contributed by atoms with Gasteiger partial charge in [0.25, 0.3) is 0 Å². The number of hydrogen-bond acceptors (Lipinski definition) is 3. The predicted octanol–water partition coefficient (Wildman–Crippen LogP) is 1.57. The second kappa shape index (κ2) is 4.58. The molecule has 1 aromatic carbocycles. The van der Waals surface area contributed by atoms with Gasteiger partial charge in [-0.25, -0.2) is 13.5 Å². The Bertz CT molecular complexity index is 536. The van der Waals surface area contributed by atoms with Crippen LogP contribution in [-0.2, 0) is 6.54 Å². The van der Waals surface area contributed by atoms with Gasteiger partial charge in [-0.2, -0.15) is 0 Å². The van der Waals surface area contributed by atoms with E-state index in [1.54, 1.807) is 7.05 Å². The zero-order chi connectivity index (χ0) is 12.4. The third-order valence-corrected chi connectivity index (χ3v) is 2.43. The molecule has 90 valence electrons. The highest BCUT2D eigenvalue weighted by Crippen LogP contribution is 2.18. The highest BCUT2D eigenvalue weighted by Gasteiger charge is 2.13. The Hall–Kier alpha value is -1.82. The Morgan fingerprint density at radius 3 is 2.76 bits per heavy atom. The summed E-state index contributed by atoms with van der Waals surface area (Å²) in [5, 5.41) is 10.4. The van der Waals surface area contributed by atoms with Crippen LogP contribution in [0, 0.1) is 18.6 Å².